The summed E-state index contributed by atoms with van der Waals surface area (Å²) in [6, 6.07) is 5.84. The summed E-state index contributed by atoms with van der Waals surface area (Å²) >= 11 is 7.05. The van der Waals surface area contributed by atoms with Gasteiger partial charge in [-0.15, -0.1) is 0 Å². The number of carbonyl (C=O) groups excluding carboxylic acids is 1. The fraction of sp³-hybridized carbons (Fsp3) is 0.562. The van der Waals surface area contributed by atoms with E-state index in [2.05, 4.69) is 44.1 Å². The molecule has 1 aliphatic carbocycles. The maximum absolute atomic E-state index is 12.6. The molecule has 2 atom stereocenters. The van der Waals surface area contributed by atoms with Gasteiger partial charge in [0.25, 0.3) is 5.91 Å². The molecule has 1 fully saturated rings. The summed E-state index contributed by atoms with van der Waals surface area (Å²) in [6.45, 7) is 4.25. The highest BCUT2D eigenvalue weighted by Crippen LogP contribution is 2.34. The van der Waals surface area contributed by atoms with Crippen molar-refractivity contribution in [1.82, 2.24) is 5.32 Å². The van der Waals surface area contributed by atoms with Crippen molar-refractivity contribution in [2.45, 2.75) is 45.1 Å². The van der Waals surface area contributed by atoms with E-state index in [0.717, 1.165) is 33.8 Å². The van der Waals surface area contributed by atoms with Crippen LogP contribution in [-0.4, -0.2) is 16.8 Å². The lowest BCUT2D eigenvalue weighted by atomic mass is 9.77. The largest absolute Gasteiger partial charge is 0.346 e. The molecule has 1 saturated carbocycles. The lowest BCUT2D eigenvalue weighted by Gasteiger charge is -2.39. The number of halogens is 2. The van der Waals surface area contributed by atoms with E-state index in [1.165, 1.54) is 12.8 Å². The van der Waals surface area contributed by atoms with Crippen molar-refractivity contribution in [3.05, 3.63) is 33.8 Å². The van der Waals surface area contributed by atoms with Gasteiger partial charge in [-0.25, -0.2) is 0 Å². The van der Waals surface area contributed by atoms with Gasteiger partial charge < -0.3 is 5.32 Å². The zero-order valence-electron chi connectivity index (χ0n) is 12.0. The molecule has 0 aliphatic heterocycles. The van der Waals surface area contributed by atoms with Gasteiger partial charge in [0.05, 0.1) is 5.54 Å². The predicted octanol–water partition coefficient (Wildman–Crippen LogP) is 4.83. The minimum atomic E-state index is -0.0937. The molecule has 2 unspecified atom stereocenters. The number of rotatable bonds is 3. The van der Waals surface area contributed by atoms with Gasteiger partial charge in [-0.2, -0.15) is 0 Å². The highest BCUT2D eigenvalue weighted by molar-refractivity contribution is 9.10. The quantitative estimate of drug-likeness (QED) is 0.720. The van der Waals surface area contributed by atoms with E-state index in [9.17, 15) is 4.79 Å². The molecule has 1 aromatic rings. The van der Waals surface area contributed by atoms with Crippen molar-refractivity contribution in [3.8, 4) is 0 Å². The standard InChI is InChI=1S/C16H21Br2NO/c1-11-4-3-7-16(9-11,10-17)19-15(20)14-8-13(18)6-5-12(14)2/h5-6,8,11H,3-4,7,9-10H2,1-2H3,(H,19,20). The fourth-order valence-electron chi connectivity index (χ4n) is 3.08. The smallest absolute Gasteiger partial charge is 0.252 e. The Hall–Kier alpha value is -0.350. The Morgan fingerprint density at radius 1 is 1.50 bits per heavy atom. The summed E-state index contributed by atoms with van der Waals surface area (Å²) in [6.07, 6.45) is 4.56. The van der Waals surface area contributed by atoms with Crippen molar-refractivity contribution in [3.63, 3.8) is 0 Å². The van der Waals surface area contributed by atoms with Gasteiger partial charge in [0.2, 0.25) is 0 Å². The molecule has 110 valence electrons. The second-order valence-corrected chi connectivity index (χ2v) is 7.51. The average Bonchev–Trinajstić information content (AvgIpc) is 2.41. The van der Waals surface area contributed by atoms with E-state index in [1.807, 2.05) is 25.1 Å². The maximum Gasteiger partial charge on any atom is 0.252 e. The lowest BCUT2D eigenvalue weighted by Crippen LogP contribution is -2.52. The first-order valence-corrected chi connectivity index (χ1v) is 9.02. The van der Waals surface area contributed by atoms with Crippen molar-refractivity contribution < 1.29 is 4.79 Å². The van der Waals surface area contributed by atoms with E-state index in [4.69, 9.17) is 0 Å². The SMILES string of the molecule is Cc1ccc(Br)cc1C(=O)NC1(CBr)CCCC(C)C1. The van der Waals surface area contributed by atoms with Crippen LogP contribution in [0.25, 0.3) is 0 Å². The van der Waals surface area contributed by atoms with Gasteiger partial charge in [0.15, 0.2) is 0 Å². The first kappa shape index (κ1) is 16.0. The number of amides is 1. The monoisotopic (exact) mass is 401 g/mol. The first-order valence-electron chi connectivity index (χ1n) is 7.10. The van der Waals surface area contributed by atoms with E-state index in [-0.39, 0.29) is 11.4 Å². The molecular formula is C16H21Br2NO. The molecule has 1 aromatic carbocycles. The number of alkyl halides is 1. The van der Waals surface area contributed by atoms with Gasteiger partial charge in [0.1, 0.15) is 0 Å². The van der Waals surface area contributed by atoms with Crippen LogP contribution in [0.3, 0.4) is 0 Å². The van der Waals surface area contributed by atoms with Crippen molar-refractivity contribution in [2.75, 3.05) is 5.33 Å². The summed E-state index contributed by atoms with van der Waals surface area (Å²) in [7, 11) is 0. The third-order valence-electron chi connectivity index (χ3n) is 4.17. The Morgan fingerprint density at radius 2 is 2.25 bits per heavy atom. The Morgan fingerprint density at radius 3 is 2.90 bits per heavy atom. The van der Waals surface area contributed by atoms with Crippen LogP contribution >= 0.6 is 31.9 Å². The fourth-order valence-corrected chi connectivity index (χ4v) is 4.09. The Bertz CT molecular complexity index is 503. The summed E-state index contributed by atoms with van der Waals surface area (Å²) < 4.78 is 0.943. The topological polar surface area (TPSA) is 29.1 Å². The van der Waals surface area contributed by atoms with Crippen molar-refractivity contribution in [2.24, 2.45) is 5.92 Å². The Balaban J connectivity index is 2.19. The Kier molecular flexibility index (Phi) is 5.30. The van der Waals surface area contributed by atoms with Gasteiger partial charge in [-0.1, -0.05) is 57.7 Å². The molecule has 4 heteroatoms. The van der Waals surface area contributed by atoms with Gasteiger partial charge >= 0.3 is 0 Å². The summed E-state index contributed by atoms with van der Waals surface area (Å²) in [5.41, 5.74) is 1.68. The van der Waals surface area contributed by atoms with E-state index >= 15 is 0 Å². The molecule has 0 radical (unpaired) electrons. The van der Waals surface area contributed by atoms with Crippen LogP contribution in [0.2, 0.25) is 0 Å². The molecule has 2 nitrogen and oxygen atoms in total. The molecular weight excluding hydrogens is 382 g/mol. The Labute approximate surface area is 138 Å². The molecule has 1 N–H and O–H groups in total. The second-order valence-electron chi connectivity index (χ2n) is 6.03. The minimum absolute atomic E-state index is 0.0392. The van der Waals surface area contributed by atoms with Gasteiger partial charge in [0, 0.05) is 15.4 Å². The van der Waals surface area contributed by atoms with Crippen LogP contribution in [-0.2, 0) is 0 Å². The first-order chi connectivity index (χ1) is 9.46. The highest BCUT2D eigenvalue weighted by atomic mass is 79.9. The van der Waals surface area contributed by atoms with Crippen LogP contribution < -0.4 is 5.32 Å². The molecule has 0 saturated heterocycles. The van der Waals surface area contributed by atoms with E-state index in [0.29, 0.717) is 5.92 Å². The van der Waals surface area contributed by atoms with Gasteiger partial charge in [-0.05, 0) is 43.4 Å². The van der Waals surface area contributed by atoms with Gasteiger partial charge in [-0.3, -0.25) is 4.79 Å². The third kappa shape index (κ3) is 3.64. The molecule has 1 amide bonds. The number of hydrogen-bond acceptors (Lipinski definition) is 1. The molecule has 0 spiro atoms. The van der Waals surface area contributed by atoms with Crippen molar-refractivity contribution in [1.29, 1.82) is 0 Å². The molecule has 20 heavy (non-hydrogen) atoms. The summed E-state index contributed by atoms with van der Waals surface area (Å²) in [5, 5.41) is 4.11. The minimum Gasteiger partial charge on any atom is -0.346 e. The molecule has 0 heterocycles. The number of carbonyl (C=O) groups is 1. The molecule has 0 aromatic heterocycles. The number of aryl methyl sites for hydroxylation is 1. The third-order valence-corrected chi connectivity index (χ3v) is 5.74. The number of hydrogen-bond donors (Lipinski definition) is 1. The number of benzene rings is 1. The average molecular weight is 403 g/mol. The van der Waals surface area contributed by atoms with Crippen LogP contribution in [0.5, 0.6) is 0 Å². The summed E-state index contributed by atoms with van der Waals surface area (Å²) in [4.78, 5) is 12.6. The highest BCUT2D eigenvalue weighted by Gasteiger charge is 2.35. The number of nitrogens with one attached hydrogen (secondary N) is 1. The zero-order valence-corrected chi connectivity index (χ0v) is 15.2. The van der Waals surface area contributed by atoms with Crippen LogP contribution in [0.1, 0.15) is 48.5 Å². The molecule has 0 bridgehead atoms. The van der Waals surface area contributed by atoms with E-state index in [1.54, 1.807) is 0 Å². The lowest BCUT2D eigenvalue weighted by molar-refractivity contribution is 0.0869. The van der Waals surface area contributed by atoms with Crippen LogP contribution in [0.4, 0.5) is 0 Å². The van der Waals surface area contributed by atoms with E-state index < -0.39 is 0 Å². The van der Waals surface area contributed by atoms with Crippen molar-refractivity contribution >= 4 is 37.8 Å². The zero-order chi connectivity index (χ0) is 14.8. The second kappa shape index (κ2) is 6.61. The maximum atomic E-state index is 12.6. The summed E-state index contributed by atoms with van der Waals surface area (Å²) in [5.74, 6) is 0.711. The van der Waals surface area contributed by atoms with Crippen LogP contribution in [0, 0.1) is 12.8 Å². The van der Waals surface area contributed by atoms with Crippen LogP contribution in [0.15, 0.2) is 22.7 Å². The molecule has 1 aliphatic rings. The molecule has 2 rings (SSSR count). The normalized spacial score (nSPS) is 26.3. The predicted molar refractivity (Wildman–Crippen MR) is 90.5 cm³/mol.